The Hall–Kier alpha value is -3.55. The maximum absolute atomic E-state index is 13.7. The summed E-state index contributed by atoms with van der Waals surface area (Å²) in [5.41, 5.74) is 10.2. The number of azide groups is 1. The van der Waals surface area contributed by atoms with E-state index in [1.165, 1.54) is 19.3 Å². The SMILES string of the molecule is [N-]=[N+]=NCc1ccccc1C[C@]1(C(=O)NCC2CCCCC2)COC(c2ccc(OCCCO)cc2)=N1. The number of nitrogens with one attached hydrogen (secondary N) is 1. The molecule has 0 unspecified atom stereocenters. The number of ether oxygens (including phenoxy) is 2. The van der Waals surface area contributed by atoms with E-state index in [0.29, 0.717) is 43.6 Å². The Balaban J connectivity index is 1.57. The van der Waals surface area contributed by atoms with E-state index >= 15 is 0 Å². The van der Waals surface area contributed by atoms with Crippen molar-refractivity contribution in [3.63, 3.8) is 0 Å². The molecule has 1 amide bonds. The van der Waals surface area contributed by atoms with Crippen molar-refractivity contribution in [3.05, 3.63) is 75.7 Å². The second kappa shape index (κ2) is 13.1. The number of aliphatic hydroxyl groups excluding tert-OH is 1. The Kier molecular flexibility index (Phi) is 9.40. The van der Waals surface area contributed by atoms with Crippen LogP contribution in [0.3, 0.4) is 0 Å². The third-order valence-corrected chi connectivity index (χ3v) is 7.04. The van der Waals surface area contributed by atoms with E-state index in [1.54, 1.807) is 0 Å². The maximum atomic E-state index is 13.7. The molecule has 1 fully saturated rings. The van der Waals surface area contributed by atoms with Crippen LogP contribution < -0.4 is 10.1 Å². The van der Waals surface area contributed by atoms with Gasteiger partial charge in [0.25, 0.3) is 5.91 Å². The van der Waals surface area contributed by atoms with Gasteiger partial charge in [-0.3, -0.25) is 4.79 Å². The zero-order chi connectivity index (χ0) is 25.9. The molecule has 2 aromatic carbocycles. The van der Waals surface area contributed by atoms with Crippen LogP contribution in [0.2, 0.25) is 0 Å². The summed E-state index contributed by atoms with van der Waals surface area (Å²) in [5, 5.41) is 15.8. The first-order valence-electron chi connectivity index (χ1n) is 13.1. The fourth-order valence-electron chi connectivity index (χ4n) is 4.93. The fraction of sp³-hybridized carbons (Fsp3) is 0.500. The Morgan fingerprint density at radius 3 is 2.65 bits per heavy atom. The molecule has 2 N–H and O–H groups in total. The first-order valence-corrected chi connectivity index (χ1v) is 13.1. The van der Waals surface area contributed by atoms with E-state index < -0.39 is 5.54 Å². The van der Waals surface area contributed by atoms with Gasteiger partial charge in [-0.25, -0.2) is 4.99 Å². The number of aliphatic imine (C=N–C) groups is 1. The van der Waals surface area contributed by atoms with Crippen molar-refractivity contribution in [1.82, 2.24) is 5.32 Å². The summed E-state index contributed by atoms with van der Waals surface area (Å²) in [7, 11) is 0. The highest BCUT2D eigenvalue weighted by Gasteiger charge is 2.45. The summed E-state index contributed by atoms with van der Waals surface area (Å²) in [6.07, 6.45) is 6.88. The van der Waals surface area contributed by atoms with Crippen molar-refractivity contribution in [2.24, 2.45) is 16.0 Å². The molecule has 0 bridgehead atoms. The predicted molar refractivity (Wildman–Crippen MR) is 141 cm³/mol. The average molecular weight is 506 g/mol. The summed E-state index contributed by atoms with van der Waals surface area (Å²) in [6, 6.07) is 15.0. The molecular weight excluding hydrogens is 470 g/mol. The number of rotatable bonds is 12. The van der Waals surface area contributed by atoms with Crippen LogP contribution in [0.1, 0.15) is 55.2 Å². The summed E-state index contributed by atoms with van der Waals surface area (Å²) in [6.45, 7) is 1.50. The number of benzene rings is 2. The first-order chi connectivity index (χ1) is 18.1. The van der Waals surface area contributed by atoms with Gasteiger partial charge >= 0.3 is 0 Å². The number of amides is 1. The van der Waals surface area contributed by atoms with Crippen LogP contribution >= 0.6 is 0 Å². The lowest BCUT2D eigenvalue weighted by Gasteiger charge is -2.27. The van der Waals surface area contributed by atoms with Crippen molar-refractivity contribution in [2.45, 2.75) is 57.0 Å². The second-order valence-corrected chi connectivity index (χ2v) is 9.74. The average Bonchev–Trinajstić information content (AvgIpc) is 3.37. The van der Waals surface area contributed by atoms with E-state index in [1.807, 2.05) is 48.5 Å². The van der Waals surface area contributed by atoms with E-state index in [-0.39, 0.29) is 25.7 Å². The monoisotopic (exact) mass is 505 g/mol. The van der Waals surface area contributed by atoms with Gasteiger partial charge in [0.2, 0.25) is 5.90 Å². The van der Waals surface area contributed by atoms with Gasteiger partial charge in [0.05, 0.1) is 13.2 Å². The molecule has 1 aliphatic heterocycles. The quantitative estimate of drug-likeness (QED) is 0.187. The van der Waals surface area contributed by atoms with Crippen LogP contribution in [0.15, 0.2) is 58.6 Å². The van der Waals surface area contributed by atoms with Gasteiger partial charge in [-0.15, -0.1) is 0 Å². The van der Waals surface area contributed by atoms with Gasteiger partial charge in [0.1, 0.15) is 12.4 Å². The smallest absolute Gasteiger partial charge is 0.251 e. The molecule has 9 nitrogen and oxygen atoms in total. The summed E-state index contributed by atoms with van der Waals surface area (Å²) >= 11 is 0. The van der Waals surface area contributed by atoms with Crippen molar-refractivity contribution >= 4 is 11.8 Å². The molecule has 1 aliphatic carbocycles. The number of hydrogen-bond acceptors (Lipinski definition) is 6. The third kappa shape index (κ3) is 7.02. The zero-order valence-electron chi connectivity index (χ0n) is 21.1. The highest BCUT2D eigenvalue weighted by Crippen LogP contribution is 2.30. The largest absolute Gasteiger partial charge is 0.494 e. The Morgan fingerprint density at radius 2 is 1.92 bits per heavy atom. The molecule has 2 aliphatic rings. The lowest BCUT2D eigenvalue weighted by atomic mass is 9.87. The Morgan fingerprint density at radius 1 is 1.16 bits per heavy atom. The molecule has 4 rings (SSSR count). The summed E-state index contributed by atoms with van der Waals surface area (Å²) < 4.78 is 11.7. The molecule has 0 radical (unpaired) electrons. The standard InChI is InChI=1S/C28H35N5O4/c29-33-31-19-24-10-5-4-9-23(24)17-28(27(35)30-18-21-7-2-1-3-8-21)20-37-26(32-28)22-11-13-25(14-12-22)36-16-6-15-34/h4-5,9-14,21,34H,1-3,6-8,15-20H2,(H,30,35)/t28-/m1/s1. The van der Waals surface area contributed by atoms with Crippen LogP contribution in [0.5, 0.6) is 5.75 Å². The van der Waals surface area contributed by atoms with Gasteiger partial charge in [-0.05, 0) is 59.7 Å². The molecule has 2 aromatic rings. The minimum Gasteiger partial charge on any atom is -0.494 e. The highest BCUT2D eigenvalue weighted by atomic mass is 16.5. The van der Waals surface area contributed by atoms with Crippen molar-refractivity contribution < 1.29 is 19.4 Å². The number of hydrogen-bond donors (Lipinski definition) is 2. The Bertz CT molecular complexity index is 1120. The van der Waals surface area contributed by atoms with Gasteiger partial charge in [0, 0.05) is 36.5 Å². The van der Waals surface area contributed by atoms with Crippen molar-refractivity contribution in [1.29, 1.82) is 0 Å². The minimum atomic E-state index is -1.12. The molecule has 0 aromatic heterocycles. The van der Waals surface area contributed by atoms with Crippen molar-refractivity contribution in [3.8, 4) is 5.75 Å². The molecule has 196 valence electrons. The maximum Gasteiger partial charge on any atom is 0.251 e. The van der Waals surface area contributed by atoms with E-state index in [9.17, 15) is 4.79 Å². The lowest BCUT2D eigenvalue weighted by Crippen LogP contribution is -2.49. The fourth-order valence-corrected chi connectivity index (χ4v) is 4.93. The van der Waals surface area contributed by atoms with Crippen LogP contribution in [-0.2, 0) is 22.5 Å². The second-order valence-electron chi connectivity index (χ2n) is 9.74. The van der Waals surface area contributed by atoms with Gasteiger partial charge in [-0.1, -0.05) is 48.6 Å². The molecule has 9 heteroatoms. The molecule has 37 heavy (non-hydrogen) atoms. The van der Waals surface area contributed by atoms with Crippen LogP contribution in [0, 0.1) is 5.92 Å². The third-order valence-electron chi connectivity index (χ3n) is 7.04. The number of carbonyl (C=O) groups is 1. The molecule has 0 spiro atoms. The molecule has 0 saturated heterocycles. The Labute approximate surface area is 217 Å². The summed E-state index contributed by atoms with van der Waals surface area (Å²) in [5.74, 6) is 1.47. The molecule has 1 saturated carbocycles. The summed E-state index contributed by atoms with van der Waals surface area (Å²) in [4.78, 5) is 21.5. The predicted octanol–water partition coefficient (Wildman–Crippen LogP) is 4.71. The van der Waals surface area contributed by atoms with E-state index in [2.05, 4.69) is 15.3 Å². The van der Waals surface area contributed by atoms with E-state index in [4.69, 9.17) is 25.1 Å². The zero-order valence-corrected chi connectivity index (χ0v) is 21.1. The minimum absolute atomic E-state index is 0.0829. The number of nitrogens with zero attached hydrogens (tertiary/aromatic N) is 4. The highest BCUT2D eigenvalue weighted by molar-refractivity contribution is 6.00. The normalized spacial score (nSPS) is 19.4. The van der Waals surface area contributed by atoms with Crippen LogP contribution in [-0.4, -0.2) is 48.8 Å². The van der Waals surface area contributed by atoms with Gasteiger partial charge in [-0.2, -0.15) is 0 Å². The van der Waals surface area contributed by atoms with Gasteiger partial charge in [0.15, 0.2) is 5.54 Å². The molecule has 1 heterocycles. The molecular formula is C28H35N5O4. The molecule has 1 atom stereocenters. The first kappa shape index (κ1) is 26.5. The van der Waals surface area contributed by atoms with Crippen LogP contribution in [0.4, 0.5) is 0 Å². The van der Waals surface area contributed by atoms with E-state index in [0.717, 1.165) is 29.5 Å². The topological polar surface area (TPSA) is 129 Å². The van der Waals surface area contributed by atoms with Gasteiger partial charge < -0.3 is 19.9 Å². The lowest BCUT2D eigenvalue weighted by molar-refractivity contribution is -0.126. The number of aliphatic hydroxyl groups is 1. The van der Waals surface area contributed by atoms with Crippen LogP contribution in [0.25, 0.3) is 10.4 Å². The number of carbonyl (C=O) groups excluding carboxylic acids is 1. The van der Waals surface area contributed by atoms with Crippen molar-refractivity contribution in [2.75, 3.05) is 26.4 Å².